The molecule has 0 saturated carbocycles. The SMILES string of the molecule is CC1(C)CC(C(=O)CC2CNC2)C(C)(C)O1. The molecular weight excluding hydrogens is 202 g/mol. The van der Waals surface area contributed by atoms with Gasteiger partial charge >= 0.3 is 0 Å². The van der Waals surface area contributed by atoms with Gasteiger partial charge < -0.3 is 10.1 Å². The Morgan fingerprint density at radius 3 is 2.31 bits per heavy atom. The molecule has 2 rings (SSSR count). The molecule has 2 aliphatic heterocycles. The second-order valence-corrected chi connectivity index (χ2v) is 6.42. The fraction of sp³-hybridized carbons (Fsp3) is 0.923. The standard InChI is InChI=1S/C13H23NO2/c1-12(2)6-10(13(3,4)16-12)11(15)5-9-7-14-8-9/h9-10,14H,5-8H2,1-4H3. The maximum atomic E-state index is 12.2. The second kappa shape index (κ2) is 3.81. The maximum Gasteiger partial charge on any atom is 0.139 e. The van der Waals surface area contributed by atoms with Gasteiger partial charge in [-0.1, -0.05) is 0 Å². The fourth-order valence-electron chi connectivity index (χ4n) is 2.98. The number of hydrogen-bond acceptors (Lipinski definition) is 3. The van der Waals surface area contributed by atoms with E-state index in [0.717, 1.165) is 25.9 Å². The zero-order valence-electron chi connectivity index (χ0n) is 10.8. The minimum absolute atomic E-state index is 0.0723. The molecule has 16 heavy (non-hydrogen) atoms. The lowest BCUT2D eigenvalue weighted by Gasteiger charge is -2.30. The number of ketones is 1. The van der Waals surface area contributed by atoms with Crippen LogP contribution in [0.2, 0.25) is 0 Å². The van der Waals surface area contributed by atoms with E-state index >= 15 is 0 Å². The molecule has 1 N–H and O–H groups in total. The van der Waals surface area contributed by atoms with Crippen molar-refractivity contribution in [3.05, 3.63) is 0 Å². The van der Waals surface area contributed by atoms with E-state index in [4.69, 9.17) is 4.74 Å². The normalized spacial score (nSPS) is 32.4. The lowest BCUT2D eigenvalue weighted by atomic mass is 9.80. The molecule has 92 valence electrons. The van der Waals surface area contributed by atoms with Crippen molar-refractivity contribution in [3.8, 4) is 0 Å². The predicted molar refractivity (Wildman–Crippen MR) is 63.3 cm³/mol. The van der Waals surface area contributed by atoms with E-state index in [0.29, 0.717) is 11.7 Å². The molecule has 1 atom stereocenters. The fourth-order valence-corrected chi connectivity index (χ4v) is 2.98. The number of nitrogens with one attached hydrogen (secondary N) is 1. The molecule has 2 aliphatic rings. The smallest absolute Gasteiger partial charge is 0.139 e. The molecule has 0 bridgehead atoms. The van der Waals surface area contributed by atoms with Gasteiger partial charge in [0.25, 0.3) is 0 Å². The number of carbonyl (C=O) groups excluding carboxylic acids is 1. The van der Waals surface area contributed by atoms with E-state index in [2.05, 4.69) is 19.2 Å². The number of hydrogen-bond donors (Lipinski definition) is 1. The summed E-state index contributed by atoms with van der Waals surface area (Å²) in [5, 5.41) is 3.21. The predicted octanol–water partition coefficient (Wildman–Crippen LogP) is 1.76. The highest BCUT2D eigenvalue weighted by Gasteiger charge is 2.49. The van der Waals surface area contributed by atoms with Crippen molar-refractivity contribution in [2.75, 3.05) is 13.1 Å². The third-order valence-electron chi connectivity index (χ3n) is 3.82. The Morgan fingerprint density at radius 1 is 1.31 bits per heavy atom. The van der Waals surface area contributed by atoms with Crippen molar-refractivity contribution in [2.24, 2.45) is 11.8 Å². The molecule has 2 heterocycles. The zero-order chi connectivity index (χ0) is 12.0. The molecule has 2 saturated heterocycles. The van der Waals surface area contributed by atoms with Gasteiger partial charge in [0.1, 0.15) is 5.78 Å². The van der Waals surface area contributed by atoms with E-state index in [1.165, 1.54) is 0 Å². The summed E-state index contributed by atoms with van der Waals surface area (Å²) in [4.78, 5) is 12.2. The zero-order valence-corrected chi connectivity index (χ0v) is 10.8. The van der Waals surface area contributed by atoms with Crippen LogP contribution in [0.3, 0.4) is 0 Å². The molecule has 0 spiro atoms. The van der Waals surface area contributed by atoms with Gasteiger partial charge in [0.15, 0.2) is 0 Å². The highest BCUT2D eigenvalue weighted by molar-refractivity contribution is 5.83. The van der Waals surface area contributed by atoms with Crippen LogP contribution in [0.15, 0.2) is 0 Å². The Hall–Kier alpha value is -0.410. The van der Waals surface area contributed by atoms with Crippen LogP contribution in [0.25, 0.3) is 0 Å². The Morgan fingerprint density at radius 2 is 1.94 bits per heavy atom. The molecular formula is C13H23NO2. The average molecular weight is 225 g/mol. The van der Waals surface area contributed by atoms with Crippen LogP contribution in [0, 0.1) is 11.8 Å². The van der Waals surface area contributed by atoms with E-state index in [1.54, 1.807) is 0 Å². The molecule has 3 nitrogen and oxygen atoms in total. The highest BCUT2D eigenvalue weighted by Crippen LogP contribution is 2.43. The largest absolute Gasteiger partial charge is 0.369 e. The minimum Gasteiger partial charge on any atom is -0.369 e. The molecule has 0 aliphatic carbocycles. The van der Waals surface area contributed by atoms with Gasteiger partial charge in [0, 0.05) is 12.3 Å². The van der Waals surface area contributed by atoms with Crippen molar-refractivity contribution in [1.82, 2.24) is 5.32 Å². The monoisotopic (exact) mass is 225 g/mol. The summed E-state index contributed by atoms with van der Waals surface area (Å²) in [6, 6.07) is 0. The molecule has 0 amide bonds. The van der Waals surface area contributed by atoms with Crippen LogP contribution in [0.5, 0.6) is 0 Å². The van der Waals surface area contributed by atoms with Crippen LogP contribution in [-0.4, -0.2) is 30.1 Å². The summed E-state index contributed by atoms with van der Waals surface area (Å²) in [5.74, 6) is 1.03. The summed E-state index contributed by atoms with van der Waals surface area (Å²) < 4.78 is 5.97. The summed E-state index contributed by atoms with van der Waals surface area (Å²) in [6.45, 7) is 10.2. The molecule has 0 aromatic heterocycles. The maximum absolute atomic E-state index is 12.2. The number of rotatable bonds is 3. The third kappa shape index (κ3) is 2.30. The number of Topliss-reactive ketones (excluding diaryl/α,β-unsaturated/α-hetero) is 1. The van der Waals surface area contributed by atoms with E-state index in [9.17, 15) is 4.79 Å². The quantitative estimate of drug-likeness (QED) is 0.795. The Labute approximate surface area is 97.9 Å². The van der Waals surface area contributed by atoms with E-state index in [-0.39, 0.29) is 17.1 Å². The lowest BCUT2D eigenvalue weighted by molar-refractivity contribution is -0.130. The first-order valence-electron chi connectivity index (χ1n) is 6.24. The van der Waals surface area contributed by atoms with Gasteiger partial charge in [-0.05, 0) is 53.1 Å². The van der Waals surface area contributed by atoms with Gasteiger partial charge in [-0.2, -0.15) is 0 Å². The van der Waals surface area contributed by atoms with Crippen molar-refractivity contribution in [2.45, 2.75) is 51.7 Å². The molecule has 3 heteroatoms. The Balaban J connectivity index is 1.99. The summed E-state index contributed by atoms with van der Waals surface area (Å²) in [5.41, 5.74) is -0.445. The van der Waals surface area contributed by atoms with Gasteiger partial charge in [-0.3, -0.25) is 4.79 Å². The Bertz CT molecular complexity index is 292. The first kappa shape index (κ1) is 12.1. The molecule has 2 fully saturated rings. The third-order valence-corrected chi connectivity index (χ3v) is 3.82. The Kier molecular flexibility index (Phi) is 2.87. The van der Waals surface area contributed by atoms with Crippen LogP contribution in [0.4, 0.5) is 0 Å². The van der Waals surface area contributed by atoms with Crippen molar-refractivity contribution < 1.29 is 9.53 Å². The van der Waals surface area contributed by atoms with Gasteiger partial charge in [-0.15, -0.1) is 0 Å². The van der Waals surface area contributed by atoms with Crippen molar-refractivity contribution in [3.63, 3.8) is 0 Å². The average Bonchev–Trinajstić information content (AvgIpc) is 2.26. The second-order valence-electron chi connectivity index (χ2n) is 6.42. The van der Waals surface area contributed by atoms with Crippen LogP contribution >= 0.6 is 0 Å². The lowest BCUT2D eigenvalue weighted by Crippen LogP contribution is -2.44. The molecule has 0 aromatic rings. The van der Waals surface area contributed by atoms with Crippen LogP contribution in [-0.2, 0) is 9.53 Å². The number of ether oxygens (including phenoxy) is 1. The number of carbonyl (C=O) groups is 1. The first-order valence-corrected chi connectivity index (χ1v) is 6.24. The summed E-state index contributed by atoms with van der Waals surface area (Å²) >= 11 is 0. The molecule has 0 aromatic carbocycles. The highest BCUT2D eigenvalue weighted by atomic mass is 16.5. The van der Waals surface area contributed by atoms with Gasteiger partial charge in [-0.25, -0.2) is 0 Å². The van der Waals surface area contributed by atoms with Crippen molar-refractivity contribution in [1.29, 1.82) is 0 Å². The van der Waals surface area contributed by atoms with Crippen LogP contribution < -0.4 is 5.32 Å². The minimum atomic E-state index is -0.294. The van der Waals surface area contributed by atoms with Gasteiger partial charge in [0.05, 0.1) is 11.2 Å². The van der Waals surface area contributed by atoms with Crippen molar-refractivity contribution >= 4 is 5.78 Å². The first-order chi connectivity index (χ1) is 7.30. The summed E-state index contributed by atoms with van der Waals surface area (Å²) in [6.07, 6.45) is 1.58. The van der Waals surface area contributed by atoms with Gasteiger partial charge in [0.2, 0.25) is 0 Å². The summed E-state index contributed by atoms with van der Waals surface area (Å²) in [7, 11) is 0. The van der Waals surface area contributed by atoms with E-state index in [1.807, 2.05) is 13.8 Å². The van der Waals surface area contributed by atoms with E-state index < -0.39 is 0 Å². The molecule has 0 radical (unpaired) electrons. The van der Waals surface area contributed by atoms with Crippen LogP contribution in [0.1, 0.15) is 40.5 Å². The molecule has 1 unspecified atom stereocenters. The topological polar surface area (TPSA) is 38.3 Å².